The van der Waals surface area contributed by atoms with Crippen molar-refractivity contribution in [3.05, 3.63) is 0 Å². The molecule has 1 rings (SSSR count). The fourth-order valence-electron chi connectivity index (χ4n) is 1.49. The van der Waals surface area contributed by atoms with E-state index < -0.39 is 0 Å². The van der Waals surface area contributed by atoms with Gasteiger partial charge in [0.25, 0.3) is 0 Å². The standard InChI is InChI=1S/C9H17S/c10-8-3-1-2-5-9-6-4-7-9/h9H,1-8H2. The van der Waals surface area contributed by atoms with Crippen LogP contribution in [-0.4, -0.2) is 5.75 Å². The van der Waals surface area contributed by atoms with E-state index in [0.717, 1.165) is 11.7 Å². The van der Waals surface area contributed by atoms with E-state index in [2.05, 4.69) is 0 Å². The van der Waals surface area contributed by atoms with Crippen LogP contribution >= 0.6 is 12.6 Å². The Morgan fingerprint density at radius 1 is 1.10 bits per heavy atom. The molecule has 1 heteroatoms. The van der Waals surface area contributed by atoms with E-state index in [-0.39, 0.29) is 0 Å². The van der Waals surface area contributed by atoms with Gasteiger partial charge in [0.05, 0.1) is 0 Å². The fraction of sp³-hybridized carbons (Fsp3) is 1.00. The molecule has 1 saturated carbocycles. The number of rotatable bonds is 5. The zero-order chi connectivity index (χ0) is 7.23. The van der Waals surface area contributed by atoms with E-state index in [4.69, 9.17) is 12.6 Å². The lowest BCUT2D eigenvalue weighted by Gasteiger charge is -2.24. The van der Waals surface area contributed by atoms with Crippen molar-refractivity contribution in [2.75, 3.05) is 5.75 Å². The first-order chi connectivity index (χ1) is 4.93. The van der Waals surface area contributed by atoms with Gasteiger partial charge in [0.1, 0.15) is 0 Å². The first-order valence-electron chi connectivity index (χ1n) is 4.51. The lowest BCUT2D eigenvalue weighted by Crippen LogP contribution is -2.10. The minimum atomic E-state index is 0.963. The smallest absolute Gasteiger partial charge is 0.00369 e. The number of hydrogen-bond donors (Lipinski definition) is 0. The highest BCUT2D eigenvalue weighted by Gasteiger charge is 2.15. The first-order valence-corrected chi connectivity index (χ1v) is 5.09. The summed E-state index contributed by atoms with van der Waals surface area (Å²) >= 11 is 4.87. The summed E-state index contributed by atoms with van der Waals surface area (Å²) in [5.74, 6) is 2.06. The van der Waals surface area contributed by atoms with Crippen LogP contribution in [-0.2, 0) is 0 Å². The molecule has 0 aliphatic heterocycles. The molecule has 1 fully saturated rings. The molecule has 0 atom stereocenters. The van der Waals surface area contributed by atoms with E-state index >= 15 is 0 Å². The summed E-state index contributed by atoms with van der Waals surface area (Å²) in [5, 5.41) is 0. The van der Waals surface area contributed by atoms with E-state index in [9.17, 15) is 0 Å². The molecule has 0 aromatic rings. The van der Waals surface area contributed by atoms with Gasteiger partial charge in [-0.2, -0.15) is 0 Å². The van der Waals surface area contributed by atoms with Crippen LogP contribution in [0.5, 0.6) is 0 Å². The highest BCUT2D eigenvalue weighted by Crippen LogP contribution is 2.30. The highest BCUT2D eigenvalue weighted by atomic mass is 32.1. The average Bonchev–Trinajstić information content (AvgIpc) is 1.84. The average molecular weight is 157 g/mol. The Balaban J connectivity index is 1.76. The summed E-state index contributed by atoms with van der Waals surface area (Å²) in [5.41, 5.74) is 0. The second kappa shape index (κ2) is 5.06. The molecule has 10 heavy (non-hydrogen) atoms. The maximum absolute atomic E-state index is 4.87. The molecule has 0 saturated heterocycles. The van der Waals surface area contributed by atoms with Crippen molar-refractivity contribution in [1.82, 2.24) is 0 Å². The van der Waals surface area contributed by atoms with Gasteiger partial charge in [-0.15, -0.1) is 0 Å². The maximum Gasteiger partial charge on any atom is 0.00369 e. The molecule has 0 nitrogen and oxygen atoms in total. The van der Waals surface area contributed by atoms with Crippen LogP contribution in [0.1, 0.15) is 44.9 Å². The summed E-state index contributed by atoms with van der Waals surface area (Å²) in [6, 6.07) is 0. The van der Waals surface area contributed by atoms with Gasteiger partial charge >= 0.3 is 0 Å². The molecule has 0 spiro atoms. The Kier molecular flexibility index (Phi) is 4.27. The Morgan fingerprint density at radius 2 is 1.90 bits per heavy atom. The Hall–Kier alpha value is 0.350. The molecule has 1 aliphatic rings. The molecule has 0 aromatic heterocycles. The first kappa shape index (κ1) is 8.45. The van der Waals surface area contributed by atoms with E-state index in [1.807, 2.05) is 0 Å². The zero-order valence-corrected chi connectivity index (χ0v) is 7.46. The molecule has 1 radical (unpaired) electrons. The third-order valence-corrected chi connectivity index (χ3v) is 2.77. The molecule has 0 amide bonds. The van der Waals surface area contributed by atoms with Gasteiger partial charge in [-0.05, 0) is 12.3 Å². The topological polar surface area (TPSA) is 0 Å². The summed E-state index contributed by atoms with van der Waals surface area (Å²) in [4.78, 5) is 0. The third kappa shape index (κ3) is 2.96. The van der Waals surface area contributed by atoms with Crippen molar-refractivity contribution in [2.45, 2.75) is 44.9 Å². The SMILES string of the molecule is [S]CCCCCC1CCC1. The maximum atomic E-state index is 4.87. The second-order valence-electron chi connectivity index (χ2n) is 3.35. The van der Waals surface area contributed by atoms with Crippen LogP contribution in [0.25, 0.3) is 0 Å². The fourth-order valence-corrected chi connectivity index (χ4v) is 1.70. The van der Waals surface area contributed by atoms with Crippen molar-refractivity contribution in [2.24, 2.45) is 5.92 Å². The van der Waals surface area contributed by atoms with Crippen LogP contribution in [0.4, 0.5) is 0 Å². The summed E-state index contributed by atoms with van der Waals surface area (Å²) in [6.45, 7) is 0. The number of hydrogen-bond acceptors (Lipinski definition) is 0. The van der Waals surface area contributed by atoms with Crippen molar-refractivity contribution in [1.29, 1.82) is 0 Å². The predicted octanol–water partition coefficient (Wildman–Crippen LogP) is 3.54. The Labute approximate surface area is 69.8 Å². The Morgan fingerprint density at radius 3 is 2.40 bits per heavy atom. The summed E-state index contributed by atoms with van der Waals surface area (Å²) in [6.07, 6.45) is 10.1. The normalized spacial score (nSPS) is 18.9. The lowest BCUT2D eigenvalue weighted by molar-refractivity contribution is 0.287. The van der Waals surface area contributed by atoms with E-state index in [0.29, 0.717) is 0 Å². The molecule has 0 bridgehead atoms. The number of unbranched alkanes of at least 4 members (excludes halogenated alkanes) is 2. The van der Waals surface area contributed by atoms with Gasteiger partial charge in [-0.3, -0.25) is 0 Å². The van der Waals surface area contributed by atoms with Crippen molar-refractivity contribution < 1.29 is 0 Å². The lowest BCUT2D eigenvalue weighted by atomic mass is 9.82. The van der Waals surface area contributed by atoms with Crippen LogP contribution < -0.4 is 0 Å². The van der Waals surface area contributed by atoms with Crippen molar-refractivity contribution in [3.8, 4) is 0 Å². The van der Waals surface area contributed by atoms with E-state index in [1.165, 1.54) is 44.9 Å². The molecule has 0 N–H and O–H groups in total. The molecule has 1 aliphatic carbocycles. The quantitative estimate of drug-likeness (QED) is 0.535. The minimum Gasteiger partial charge on any atom is -0.0942 e. The van der Waals surface area contributed by atoms with Crippen LogP contribution in [0.3, 0.4) is 0 Å². The molecule has 0 heterocycles. The van der Waals surface area contributed by atoms with Crippen molar-refractivity contribution in [3.63, 3.8) is 0 Å². The van der Waals surface area contributed by atoms with Gasteiger partial charge in [0.15, 0.2) is 0 Å². The summed E-state index contributed by atoms with van der Waals surface area (Å²) < 4.78 is 0. The largest absolute Gasteiger partial charge is 0.0942 e. The molecular formula is C9H17S. The van der Waals surface area contributed by atoms with E-state index in [1.54, 1.807) is 0 Å². The van der Waals surface area contributed by atoms with Crippen molar-refractivity contribution >= 4 is 12.6 Å². The Bertz CT molecular complexity index is 76.8. The second-order valence-corrected chi connectivity index (χ2v) is 3.76. The minimum absolute atomic E-state index is 0.963. The molecule has 0 aromatic carbocycles. The van der Waals surface area contributed by atoms with Gasteiger partial charge in [-0.1, -0.05) is 51.2 Å². The third-order valence-electron chi connectivity index (χ3n) is 2.48. The van der Waals surface area contributed by atoms with Crippen LogP contribution in [0.15, 0.2) is 0 Å². The van der Waals surface area contributed by atoms with Crippen LogP contribution in [0, 0.1) is 5.92 Å². The monoisotopic (exact) mass is 157 g/mol. The predicted molar refractivity (Wildman–Crippen MR) is 48.3 cm³/mol. The van der Waals surface area contributed by atoms with Gasteiger partial charge in [0.2, 0.25) is 0 Å². The summed E-state index contributed by atoms with van der Waals surface area (Å²) in [7, 11) is 0. The highest BCUT2D eigenvalue weighted by molar-refractivity contribution is 7.80. The van der Waals surface area contributed by atoms with Gasteiger partial charge in [-0.25, -0.2) is 0 Å². The molecule has 59 valence electrons. The van der Waals surface area contributed by atoms with Crippen LogP contribution in [0.2, 0.25) is 0 Å². The van der Waals surface area contributed by atoms with Gasteiger partial charge < -0.3 is 0 Å². The molecule has 0 unspecified atom stereocenters. The zero-order valence-electron chi connectivity index (χ0n) is 6.64. The molecular weight excluding hydrogens is 140 g/mol. The van der Waals surface area contributed by atoms with Gasteiger partial charge in [0, 0.05) is 5.75 Å².